The highest BCUT2D eigenvalue weighted by Gasteiger charge is 2.14. The maximum absolute atomic E-state index is 11.6. The Morgan fingerprint density at radius 3 is 2.76 bits per heavy atom. The molecule has 0 aliphatic heterocycles. The molecule has 3 heteroatoms. The highest BCUT2D eigenvalue weighted by atomic mass is 32.1. The fourth-order valence-corrected chi connectivity index (χ4v) is 3.56. The second-order valence-electron chi connectivity index (χ2n) is 5.43. The van der Waals surface area contributed by atoms with E-state index in [4.69, 9.17) is 0 Å². The number of H-pyrrole nitrogens is 1. The van der Waals surface area contributed by atoms with Crippen LogP contribution in [-0.2, 0) is 6.42 Å². The quantitative estimate of drug-likeness (QED) is 0.632. The summed E-state index contributed by atoms with van der Waals surface area (Å²) in [4.78, 5) is 17.4. The first kappa shape index (κ1) is 14.1. The number of thiophene rings is 1. The molecule has 2 heterocycles. The van der Waals surface area contributed by atoms with E-state index < -0.39 is 0 Å². The summed E-state index contributed by atoms with van der Waals surface area (Å²) >= 11 is 1.71. The van der Waals surface area contributed by atoms with E-state index in [0.717, 1.165) is 39.7 Å². The number of carbonyl (C=O) groups excluding carboxylic acids is 1. The van der Waals surface area contributed by atoms with E-state index in [1.54, 1.807) is 11.3 Å². The maximum atomic E-state index is 11.6. The second kappa shape index (κ2) is 5.86. The van der Waals surface area contributed by atoms with Crippen LogP contribution < -0.4 is 0 Å². The van der Waals surface area contributed by atoms with Crippen molar-refractivity contribution in [2.45, 2.75) is 33.1 Å². The molecule has 0 aliphatic rings. The van der Waals surface area contributed by atoms with Gasteiger partial charge in [-0.2, -0.15) is 0 Å². The molecule has 0 bridgehead atoms. The Hall–Kier alpha value is -1.87. The van der Waals surface area contributed by atoms with Gasteiger partial charge in [0.05, 0.1) is 10.6 Å². The minimum Gasteiger partial charge on any atom is -0.353 e. The molecule has 0 spiro atoms. The highest BCUT2D eigenvalue weighted by molar-refractivity contribution is 7.15. The zero-order valence-corrected chi connectivity index (χ0v) is 13.2. The van der Waals surface area contributed by atoms with Gasteiger partial charge in [0.1, 0.15) is 0 Å². The van der Waals surface area contributed by atoms with Crippen LogP contribution in [0.25, 0.3) is 21.5 Å². The van der Waals surface area contributed by atoms with Crippen LogP contribution in [0.2, 0.25) is 0 Å². The third-order valence-electron chi connectivity index (χ3n) is 3.83. The standard InChI is InChI=1S/C18H19NOS/c1-3-4-5-13-7-8-16-14(10-13)15(11-20)18(19-16)17-9-6-12(2)21-17/h6-11,19H,3-5H2,1-2H3. The Morgan fingerprint density at radius 1 is 1.24 bits per heavy atom. The molecule has 21 heavy (non-hydrogen) atoms. The van der Waals surface area contributed by atoms with Crippen molar-refractivity contribution in [3.05, 3.63) is 46.3 Å². The van der Waals surface area contributed by atoms with Crippen LogP contribution in [0.4, 0.5) is 0 Å². The summed E-state index contributed by atoms with van der Waals surface area (Å²) < 4.78 is 0. The smallest absolute Gasteiger partial charge is 0.152 e. The molecule has 0 aliphatic carbocycles. The summed E-state index contributed by atoms with van der Waals surface area (Å²) in [6.45, 7) is 4.28. The second-order valence-corrected chi connectivity index (χ2v) is 6.71. The predicted octanol–water partition coefficient (Wildman–Crippen LogP) is 5.36. The lowest BCUT2D eigenvalue weighted by molar-refractivity contribution is 0.112. The summed E-state index contributed by atoms with van der Waals surface area (Å²) in [7, 11) is 0. The first-order valence-electron chi connectivity index (χ1n) is 7.39. The molecule has 0 fully saturated rings. The zero-order valence-electron chi connectivity index (χ0n) is 12.4. The monoisotopic (exact) mass is 297 g/mol. The normalized spacial score (nSPS) is 11.1. The van der Waals surface area contributed by atoms with E-state index in [1.165, 1.54) is 23.3 Å². The van der Waals surface area contributed by atoms with Crippen LogP contribution in [0.1, 0.15) is 40.6 Å². The first-order chi connectivity index (χ1) is 10.2. The Labute approximate surface area is 128 Å². The molecular formula is C18H19NOS. The molecular weight excluding hydrogens is 278 g/mol. The number of nitrogens with one attached hydrogen (secondary N) is 1. The number of benzene rings is 1. The molecule has 0 atom stereocenters. The first-order valence-corrected chi connectivity index (χ1v) is 8.21. The molecule has 1 N–H and O–H groups in total. The molecule has 0 saturated heterocycles. The maximum Gasteiger partial charge on any atom is 0.152 e. The molecule has 3 rings (SSSR count). The van der Waals surface area contributed by atoms with Gasteiger partial charge >= 0.3 is 0 Å². The van der Waals surface area contributed by atoms with Crippen LogP contribution in [0.3, 0.4) is 0 Å². The predicted molar refractivity (Wildman–Crippen MR) is 90.3 cm³/mol. The summed E-state index contributed by atoms with van der Waals surface area (Å²) in [5, 5.41) is 1.04. The number of aromatic amines is 1. The number of unbranched alkanes of at least 4 members (excludes halogenated alkanes) is 1. The highest BCUT2D eigenvalue weighted by Crippen LogP contribution is 2.34. The summed E-state index contributed by atoms with van der Waals surface area (Å²) in [5.74, 6) is 0. The third kappa shape index (κ3) is 2.66. The van der Waals surface area contributed by atoms with E-state index in [2.05, 4.69) is 49.2 Å². The van der Waals surface area contributed by atoms with Crippen LogP contribution in [0, 0.1) is 6.92 Å². The van der Waals surface area contributed by atoms with Crippen molar-refractivity contribution >= 4 is 28.5 Å². The Balaban J connectivity index is 2.12. The molecule has 0 radical (unpaired) electrons. The van der Waals surface area contributed by atoms with Gasteiger partial charge in [0.25, 0.3) is 0 Å². The lowest BCUT2D eigenvalue weighted by Gasteiger charge is -2.00. The summed E-state index contributed by atoms with van der Waals surface area (Å²) in [6, 6.07) is 10.6. The topological polar surface area (TPSA) is 32.9 Å². The Bertz CT molecular complexity index is 782. The van der Waals surface area contributed by atoms with E-state index >= 15 is 0 Å². The molecule has 2 nitrogen and oxygen atoms in total. The SMILES string of the molecule is CCCCc1ccc2[nH]c(-c3ccc(C)s3)c(C=O)c2c1. The molecule has 3 aromatic rings. The minimum absolute atomic E-state index is 0.783. The molecule has 1 aromatic carbocycles. The van der Waals surface area contributed by atoms with Crippen LogP contribution in [0.5, 0.6) is 0 Å². The largest absolute Gasteiger partial charge is 0.353 e. The number of aromatic nitrogens is 1. The van der Waals surface area contributed by atoms with Crippen LogP contribution >= 0.6 is 11.3 Å². The number of hydrogen-bond acceptors (Lipinski definition) is 2. The van der Waals surface area contributed by atoms with Gasteiger partial charge in [-0.15, -0.1) is 11.3 Å². The van der Waals surface area contributed by atoms with Gasteiger partial charge < -0.3 is 4.98 Å². The van der Waals surface area contributed by atoms with Gasteiger partial charge in [-0.1, -0.05) is 19.4 Å². The zero-order chi connectivity index (χ0) is 14.8. The van der Waals surface area contributed by atoms with Gasteiger partial charge in [-0.3, -0.25) is 4.79 Å². The number of fused-ring (bicyclic) bond motifs is 1. The average molecular weight is 297 g/mol. The third-order valence-corrected chi connectivity index (χ3v) is 4.84. The lowest BCUT2D eigenvalue weighted by atomic mass is 10.0. The Morgan fingerprint density at radius 2 is 2.10 bits per heavy atom. The molecule has 108 valence electrons. The molecule has 0 saturated carbocycles. The van der Waals surface area contributed by atoms with Crippen molar-refractivity contribution in [1.82, 2.24) is 4.98 Å². The summed E-state index contributed by atoms with van der Waals surface area (Å²) in [6.07, 6.45) is 4.42. The van der Waals surface area contributed by atoms with Gasteiger partial charge in [0.2, 0.25) is 0 Å². The Kier molecular flexibility index (Phi) is 3.93. The van der Waals surface area contributed by atoms with Crippen molar-refractivity contribution in [2.75, 3.05) is 0 Å². The van der Waals surface area contributed by atoms with Gasteiger partial charge in [-0.25, -0.2) is 0 Å². The van der Waals surface area contributed by atoms with E-state index in [-0.39, 0.29) is 0 Å². The minimum atomic E-state index is 0.783. The van der Waals surface area contributed by atoms with Crippen LogP contribution in [-0.4, -0.2) is 11.3 Å². The fraction of sp³-hybridized carbons (Fsp3) is 0.278. The van der Waals surface area contributed by atoms with Crippen molar-refractivity contribution in [3.8, 4) is 10.6 Å². The number of aldehydes is 1. The number of aryl methyl sites for hydroxylation is 2. The lowest BCUT2D eigenvalue weighted by Crippen LogP contribution is -1.85. The number of rotatable bonds is 5. The van der Waals surface area contributed by atoms with Gasteiger partial charge in [0.15, 0.2) is 6.29 Å². The van der Waals surface area contributed by atoms with E-state index in [9.17, 15) is 4.79 Å². The molecule has 2 aromatic heterocycles. The van der Waals surface area contributed by atoms with Crippen molar-refractivity contribution in [2.24, 2.45) is 0 Å². The van der Waals surface area contributed by atoms with Crippen molar-refractivity contribution in [3.63, 3.8) is 0 Å². The van der Waals surface area contributed by atoms with Crippen molar-refractivity contribution < 1.29 is 4.79 Å². The van der Waals surface area contributed by atoms with Crippen LogP contribution in [0.15, 0.2) is 30.3 Å². The van der Waals surface area contributed by atoms with E-state index in [1.807, 2.05) is 0 Å². The van der Waals surface area contributed by atoms with Gasteiger partial charge in [0, 0.05) is 21.3 Å². The fourth-order valence-electron chi connectivity index (χ4n) is 2.68. The molecule has 0 unspecified atom stereocenters. The average Bonchev–Trinajstić information content (AvgIpc) is 3.07. The molecule has 0 amide bonds. The van der Waals surface area contributed by atoms with Gasteiger partial charge in [-0.05, 0) is 49.6 Å². The number of carbonyl (C=O) groups is 1. The van der Waals surface area contributed by atoms with E-state index in [0.29, 0.717) is 0 Å². The van der Waals surface area contributed by atoms with Crippen molar-refractivity contribution in [1.29, 1.82) is 0 Å². The summed E-state index contributed by atoms with van der Waals surface area (Å²) in [5.41, 5.74) is 4.08. The number of hydrogen-bond donors (Lipinski definition) is 1.